The lowest BCUT2D eigenvalue weighted by molar-refractivity contribution is -0.124. The van der Waals surface area contributed by atoms with E-state index in [1.165, 1.54) is 0 Å². The van der Waals surface area contributed by atoms with Gasteiger partial charge in [0.1, 0.15) is 11.8 Å². The molecule has 2 rings (SSSR count). The molecular formula is C21H26N4O3S. The molecule has 0 spiro atoms. The highest BCUT2D eigenvalue weighted by Crippen LogP contribution is 2.12. The lowest BCUT2D eigenvalue weighted by atomic mass is 10.0. The highest BCUT2D eigenvalue weighted by molar-refractivity contribution is 7.80. The molecule has 0 fully saturated rings. The van der Waals surface area contributed by atoms with Gasteiger partial charge in [0.25, 0.3) is 11.8 Å². The monoisotopic (exact) mass is 414 g/mol. The van der Waals surface area contributed by atoms with Crippen LogP contribution in [0.25, 0.3) is 0 Å². The minimum atomic E-state index is -0.728. The Balaban J connectivity index is 1.86. The van der Waals surface area contributed by atoms with Crippen molar-refractivity contribution >= 4 is 29.1 Å². The standard InChI is InChI=1S/C21H26N4O3S/c1-14(2)18(23-19(26)16-9-11-17(28-3)12-10-16)20(27)24-25-21(29)22-13-15-7-5-4-6-8-15/h4-12,14,18H,13H2,1-3H3,(H,23,26)(H,24,27)(H2,22,25,29). The molecule has 0 aromatic heterocycles. The minimum absolute atomic E-state index is 0.121. The van der Waals surface area contributed by atoms with Crippen LogP contribution in [0.3, 0.4) is 0 Å². The number of carbonyl (C=O) groups excluding carboxylic acids is 2. The lowest BCUT2D eigenvalue weighted by Crippen LogP contribution is -2.55. The summed E-state index contributed by atoms with van der Waals surface area (Å²) in [4.78, 5) is 25.0. The third-order valence-corrected chi connectivity index (χ3v) is 4.43. The van der Waals surface area contributed by atoms with E-state index in [1.807, 2.05) is 44.2 Å². The van der Waals surface area contributed by atoms with Crippen LogP contribution in [-0.4, -0.2) is 30.1 Å². The zero-order valence-corrected chi connectivity index (χ0v) is 17.5. The minimum Gasteiger partial charge on any atom is -0.497 e. The summed E-state index contributed by atoms with van der Waals surface area (Å²) in [6.45, 7) is 4.24. The van der Waals surface area contributed by atoms with Crippen LogP contribution in [0.15, 0.2) is 54.6 Å². The van der Waals surface area contributed by atoms with Crippen molar-refractivity contribution in [2.75, 3.05) is 7.11 Å². The van der Waals surface area contributed by atoms with E-state index >= 15 is 0 Å². The summed E-state index contributed by atoms with van der Waals surface area (Å²) in [6, 6.07) is 15.7. The first-order valence-corrected chi connectivity index (χ1v) is 9.64. The molecule has 1 unspecified atom stereocenters. The average molecular weight is 415 g/mol. The number of thiocarbonyl (C=S) groups is 1. The number of nitrogens with one attached hydrogen (secondary N) is 4. The molecule has 2 amide bonds. The Morgan fingerprint density at radius 3 is 2.24 bits per heavy atom. The van der Waals surface area contributed by atoms with Gasteiger partial charge in [-0.25, -0.2) is 0 Å². The second kappa shape index (κ2) is 11.0. The van der Waals surface area contributed by atoms with Gasteiger partial charge in [0.15, 0.2) is 5.11 Å². The van der Waals surface area contributed by atoms with Gasteiger partial charge in [0, 0.05) is 12.1 Å². The van der Waals surface area contributed by atoms with E-state index in [4.69, 9.17) is 17.0 Å². The van der Waals surface area contributed by atoms with Crippen LogP contribution in [0.2, 0.25) is 0 Å². The first-order chi connectivity index (χ1) is 13.9. The highest BCUT2D eigenvalue weighted by atomic mass is 32.1. The Labute approximate surface area is 176 Å². The van der Waals surface area contributed by atoms with E-state index in [-0.39, 0.29) is 22.8 Å². The quantitative estimate of drug-likeness (QED) is 0.410. The molecule has 154 valence electrons. The zero-order valence-electron chi connectivity index (χ0n) is 16.7. The summed E-state index contributed by atoms with van der Waals surface area (Å²) in [6.07, 6.45) is 0. The van der Waals surface area contributed by atoms with Crippen molar-refractivity contribution in [2.45, 2.75) is 26.4 Å². The van der Waals surface area contributed by atoms with E-state index < -0.39 is 6.04 Å². The maximum absolute atomic E-state index is 12.5. The van der Waals surface area contributed by atoms with Crippen LogP contribution in [0, 0.1) is 5.92 Å². The Morgan fingerprint density at radius 2 is 1.66 bits per heavy atom. The van der Waals surface area contributed by atoms with E-state index in [2.05, 4.69) is 21.5 Å². The largest absolute Gasteiger partial charge is 0.497 e. The molecule has 4 N–H and O–H groups in total. The van der Waals surface area contributed by atoms with Crippen molar-refractivity contribution in [1.29, 1.82) is 0 Å². The molecule has 7 nitrogen and oxygen atoms in total. The van der Waals surface area contributed by atoms with Gasteiger partial charge in [-0.3, -0.25) is 20.4 Å². The molecule has 1 atom stereocenters. The number of carbonyl (C=O) groups is 2. The van der Waals surface area contributed by atoms with Crippen LogP contribution in [-0.2, 0) is 11.3 Å². The molecule has 0 heterocycles. The third kappa shape index (κ3) is 7.08. The average Bonchev–Trinajstić information content (AvgIpc) is 2.74. The fourth-order valence-electron chi connectivity index (χ4n) is 2.52. The fourth-order valence-corrected chi connectivity index (χ4v) is 2.64. The van der Waals surface area contributed by atoms with Gasteiger partial charge in [-0.1, -0.05) is 44.2 Å². The molecule has 2 aromatic carbocycles. The van der Waals surface area contributed by atoms with Crippen molar-refractivity contribution in [2.24, 2.45) is 5.92 Å². The number of benzene rings is 2. The summed E-state index contributed by atoms with van der Waals surface area (Å²) in [7, 11) is 1.56. The van der Waals surface area contributed by atoms with Crippen LogP contribution >= 0.6 is 12.2 Å². The molecule has 0 radical (unpaired) electrons. The van der Waals surface area contributed by atoms with Gasteiger partial charge in [0.2, 0.25) is 0 Å². The molecule has 0 aliphatic rings. The maximum Gasteiger partial charge on any atom is 0.261 e. The number of hydrogen-bond donors (Lipinski definition) is 4. The molecule has 0 aliphatic carbocycles. The van der Waals surface area contributed by atoms with Gasteiger partial charge in [0.05, 0.1) is 7.11 Å². The Morgan fingerprint density at radius 1 is 1.00 bits per heavy atom. The molecule has 29 heavy (non-hydrogen) atoms. The smallest absolute Gasteiger partial charge is 0.261 e. The van der Waals surface area contributed by atoms with E-state index in [0.29, 0.717) is 17.9 Å². The summed E-state index contributed by atoms with van der Waals surface area (Å²) >= 11 is 5.18. The van der Waals surface area contributed by atoms with Gasteiger partial charge >= 0.3 is 0 Å². The number of rotatable bonds is 7. The summed E-state index contributed by atoms with van der Waals surface area (Å²) in [5.74, 6) is -0.192. The molecule has 0 saturated heterocycles. The van der Waals surface area contributed by atoms with Gasteiger partial charge in [-0.2, -0.15) is 0 Å². The van der Waals surface area contributed by atoms with E-state index in [9.17, 15) is 9.59 Å². The SMILES string of the molecule is COc1ccc(C(=O)NC(C(=O)NNC(=S)NCc2ccccc2)C(C)C)cc1. The summed E-state index contributed by atoms with van der Waals surface area (Å²) < 4.78 is 5.09. The Hall–Kier alpha value is -3.13. The molecule has 0 saturated carbocycles. The molecule has 2 aromatic rings. The normalized spacial score (nSPS) is 11.3. The molecule has 0 aliphatic heterocycles. The van der Waals surface area contributed by atoms with E-state index in [1.54, 1.807) is 31.4 Å². The Kier molecular flexibility index (Phi) is 8.42. The molecular weight excluding hydrogens is 388 g/mol. The van der Waals surface area contributed by atoms with Gasteiger partial charge in [-0.15, -0.1) is 0 Å². The summed E-state index contributed by atoms with van der Waals surface area (Å²) in [5, 5.41) is 6.05. The van der Waals surface area contributed by atoms with Crippen LogP contribution in [0.4, 0.5) is 0 Å². The number of methoxy groups -OCH3 is 1. The zero-order chi connectivity index (χ0) is 21.2. The van der Waals surface area contributed by atoms with Gasteiger partial charge in [-0.05, 0) is 48.0 Å². The van der Waals surface area contributed by atoms with Crippen molar-refractivity contribution in [3.8, 4) is 5.75 Å². The molecule has 8 heteroatoms. The highest BCUT2D eigenvalue weighted by Gasteiger charge is 2.24. The predicted octanol–water partition coefficient (Wildman–Crippen LogP) is 2.15. The number of ether oxygens (including phenoxy) is 1. The van der Waals surface area contributed by atoms with Crippen molar-refractivity contribution in [3.63, 3.8) is 0 Å². The molecule has 0 bridgehead atoms. The second-order valence-electron chi connectivity index (χ2n) is 6.71. The van der Waals surface area contributed by atoms with Crippen LogP contribution < -0.4 is 26.2 Å². The lowest BCUT2D eigenvalue weighted by Gasteiger charge is -2.22. The van der Waals surface area contributed by atoms with Crippen molar-refractivity contribution in [1.82, 2.24) is 21.5 Å². The summed E-state index contributed by atoms with van der Waals surface area (Å²) in [5.41, 5.74) is 6.72. The maximum atomic E-state index is 12.5. The second-order valence-corrected chi connectivity index (χ2v) is 7.11. The van der Waals surface area contributed by atoms with Crippen molar-refractivity contribution in [3.05, 3.63) is 65.7 Å². The first kappa shape index (κ1) is 22.2. The fraction of sp³-hybridized carbons (Fsp3) is 0.286. The number of hydrogen-bond acceptors (Lipinski definition) is 4. The van der Waals surface area contributed by atoms with Crippen LogP contribution in [0.5, 0.6) is 5.75 Å². The topological polar surface area (TPSA) is 91.5 Å². The van der Waals surface area contributed by atoms with Crippen molar-refractivity contribution < 1.29 is 14.3 Å². The van der Waals surface area contributed by atoms with Crippen LogP contribution in [0.1, 0.15) is 29.8 Å². The Bertz CT molecular complexity index is 826. The predicted molar refractivity (Wildman–Crippen MR) is 116 cm³/mol. The van der Waals surface area contributed by atoms with Gasteiger partial charge < -0.3 is 15.4 Å². The number of amides is 2. The number of hydrazine groups is 1. The third-order valence-electron chi connectivity index (χ3n) is 4.18. The first-order valence-electron chi connectivity index (χ1n) is 9.23. The van der Waals surface area contributed by atoms with E-state index in [0.717, 1.165) is 5.56 Å².